The van der Waals surface area contributed by atoms with Crippen LogP contribution in [0.1, 0.15) is 50.2 Å². The molecule has 1 aliphatic heterocycles. The van der Waals surface area contributed by atoms with Gasteiger partial charge in [-0.2, -0.15) is 0 Å². The molecule has 8 heteroatoms. The van der Waals surface area contributed by atoms with Crippen molar-refractivity contribution in [1.82, 2.24) is 14.9 Å². The highest BCUT2D eigenvalue weighted by atomic mass is 16.5. The Hall–Kier alpha value is -3.65. The van der Waals surface area contributed by atoms with Crippen LogP contribution in [0.2, 0.25) is 0 Å². The Balaban J connectivity index is 1.37. The van der Waals surface area contributed by atoms with Crippen molar-refractivity contribution in [1.29, 1.82) is 0 Å². The first-order valence-electron chi connectivity index (χ1n) is 11.3. The number of hydrogen-bond donors (Lipinski definition) is 2. The van der Waals surface area contributed by atoms with Gasteiger partial charge in [0.15, 0.2) is 11.6 Å². The highest BCUT2D eigenvalue weighted by Gasteiger charge is 2.32. The van der Waals surface area contributed by atoms with Gasteiger partial charge in [-0.25, -0.2) is 14.8 Å². The molecule has 34 heavy (non-hydrogen) atoms. The van der Waals surface area contributed by atoms with Crippen molar-refractivity contribution in [2.45, 2.75) is 44.8 Å². The van der Waals surface area contributed by atoms with Crippen LogP contribution < -0.4 is 9.47 Å². The summed E-state index contributed by atoms with van der Waals surface area (Å²) in [5.74, 6) is 2.25. The normalized spacial score (nSPS) is 16.5. The van der Waals surface area contributed by atoms with E-state index in [1.165, 1.54) is 4.90 Å². The zero-order valence-corrected chi connectivity index (χ0v) is 19.5. The third-order valence-corrected chi connectivity index (χ3v) is 6.24. The van der Waals surface area contributed by atoms with Gasteiger partial charge in [-0.05, 0) is 48.7 Å². The van der Waals surface area contributed by atoms with Crippen molar-refractivity contribution in [3.8, 4) is 17.2 Å². The number of ether oxygens (including phenoxy) is 2. The molecule has 0 aliphatic carbocycles. The van der Waals surface area contributed by atoms with E-state index in [9.17, 15) is 9.90 Å². The van der Waals surface area contributed by atoms with Gasteiger partial charge < -0.3 is 24.6 Å². The van der Waals surface area contributed by atoms with Crippen LogP contribution in [-0.4, -0.2) is 50.4 Å². The maximum atomic E-state index is 11.1. The minimum Gasteiger partial charge on any atom is -0.491 e. The van der Waals surface area contributed by atoms with Gasteiger partial charge in [0.25, 0.3) is 0 Å². The van der Waals surface area contributed by atoms with E-state index in [0.29, 0.717) is 30.5 Å². The number of aromatic nitrogens is 2. The number of benzene rings is 2. The molecule has 0 saturated carbocycles. The fraction of sp³-hybridized carbons (Fsp3) is 0.346. The zero-order valence-electron chi connectivity index (χ0n) is 19.5. The molecule has 2 heterocycles. The van der Waals surface area contributed by atoms with Gasteiger partial charge in [-0.15, -0.1) is 0 Å². The van der Waals surface area contributed by atoms with Gasteiger partial charge in [0, 0.05) is 12.0 Å². The number of carbonyl (C=O) groups is 1. The van der Waals surface area contributed by atoms with E-state index in [2.05, 4.69) is 23.8 Å². The number of hydrogen-bond acceptors (Lipinski definition) is 6. The average Bonchev–Trinajstić information content (AvgIpc) is 2.79. The summed E-state index contributed by atoms with van der Waals surface area (Å²) in [6, 6.07) is 15.7. The highest BCUT2D eigenvalue weighted by molar-refractivity contribution is 5.66. The quantitative estimate of drug-likeness (QED) is 0.495. The Morgan fingerprint density at radius 2 is 1.59 bits per heavy atom. The maximum absolute atomic E-state index is 11.1. The van der Waals surface area contributed by atoms with Crippen molar-refractivity contribution in [3.05, 3.63) is 77.9 Å². The standard InChI is InChI=1S/C26H29N3O5/c1-17(30)24-27-14-23(15-28-24)34-22-10-6-19(7-11-22)26(2,3)18-4-8-21(9-5-18)33-16-20-12-13-29(20)25(31)32/h4-11,14-15,17,20,30H,12-13,16H2,1-3H3,(H,31,32)/t17?,20-/m0/s1. The first-order chi connectivity index (χ1) is 16.2. The van der Waals surface area contributed by atoms with Gasteiger partial charge in [-0.1, -0.05) is 38.1 Å². The van der Waals surface area contributed by atoms with E-state index in [1.54, 1.807) is 19.3 Å². The van der Waals surface area contributed by atoms with Gasteiger partial charge in [0.2, 0.25) is 0 Å². The number of amides is 1. The predicted octanol–water partition coefficient (Wildman–Crippen LogP) is 4.78. The fourth-order valence-electron chi connectivity index (χ4n) is 3.86. The SMILES string of the molecule is CC(O)c1ncc(Oc2ccc(C(C)(C)c3ccc(OC[C@@H]4CCN4C(=O)O)cc3)cc2)cn1. The van der Waals surface area contributed by atoms with Crippen LogP contribution >= 0.6 is 0 Å². The monoisotopic (exact) mass is 463 g/mol. The summed E-state index contributed by atoms with van der Waals surface area (Å²) >= 11 is 0. The summed E-state index contributed by atoms with van der Waals surface area (Å²) < 4.78 is 11.6. The lowest BCUT2D eigenvalue weighted by molar-refractivity contribution is 0.0499. The first kappa shape index (κ1) is 23.5. The van der Waals surface area contributed by atoms with Crippen molar-refractivity contribution in [3.63, 3.8) is 0 Å². The number of aliphatic hydroxyl groups is 1. The molecule has 4 rings (SSSR count). The third-order valence-electron chi connectivity index (χ3n) is 6.24. The molecule has 1 unspecified atom stereocenters. The van der Waals surface area contributed by atoms with E-state index in [4.69, 9.17) is 14.6 Å². The molecule has 0 bridgehead atoms. The van der Waals surface area contributed by atoms with Crippen LogP contribution in [-0.2, 0) is 5.41 Å². The number of carboxylic acid groups (broad SMARTS) is 1. The average molecular weight is 464 g/mol. The molecule has 8 nitrogen and oxygen atoms in total. The largest absolute Gasteiger partial charge is 0.491 e. The van der Waals surface area contributed by atoms with Crippen molar-refractivity contribution < 1.29 is 24.5 Å². The molecule has 2 atom stereocenters. The van der Waals surface area contributed by atoms with E-state index in [-0.39, 0.29) is 11.5 Å². The molecular formula is C26H29N3O5. The van der Waals surface area contributed by atoms with Crippen molar-refractivity contribution >= 4 is 6.09 Å². The van der Waals surface area contributed by atoms with Gasteiger partial charge in [-0.3, -0.25) is 0 Å². The molecule has 2 N–H and O–H groups in total. The molecule has 1 amide bonds. The van der Waals surface area contributed by atoms with Crippen LogP contribution in [0.3, 0.4) is 0 Å². The van der Waals surface area contributed by atoms with Crippen LogP contribution in [0, 0.1) is 0 Å². The van der Waals surface area contributed by atoms with Crippen LogP contribution in [0.15, 0.2) is 60.9 Å². The van der Waals surface area contributed by atoms with Gasteiger partial charge >= 0.3 is 6.09 Å². The zero-order chi connectivity index (χ0) is 24.3. The third kappa shape index (κ3) is 5.12. The van der Waals surface area contributed by atoms with E-state index < -0.39 is 12.2 Å². The lowest BCUT2D eigenvalue weighted by Gasteiger charge is -2.38. The minimum absolute atomic E-state index is 0.0721. The van der Waals surface area contributed by atoms with Gasteiger partial charge in [0.05, 0.1) is 18.4 Å². The first-order valence-corrected chi connectivity index (χ1v) is 11.3. The summed E-state index contributed by atoms with van der Waals surface area (Å²) in [5.41, 5.74) is 2.01. The maximum Gasteiger partial charge on any atom is 0.407 e. The molecule has 178 valence electrons. The Morgan fingerprint density at radius 1 is 1.03 bits per heavy atom. The molecule has 1 fully saturated rings. The summed E-state index contributed by atoms with van der Waals surface area (Å²) in [4.78, 5) is 20.7. The lowest BCUT2D eigenvalue weighted by atomic mass is 9.78. The summed E-state index contributed by atoms with van der Waals surface area (Å²) in [6.07, 6.45) is 2.30. The summed E-state index contributed by atoms with van der Waals surface area (Å²) in [7, 11) is 0. The Kier molecular flexibility index (Phi) is 6.70. The Labute approximate surface area is 198 Å². The molecule has 1 saturated heterocycles. The Morgan fingerprint density at radius 3 is 2.06 bits per heavy atom. The number of likely N-dealkylation sites (tertiary alicyclic amines) is 1. The molecule has 0 spiro atoms. The second-order valence-corrected chi connectivity index (χ2v) is 8.96. The molecule has 2 aromatic carbocycles. The summed E-state index contributed by atoms with van der Waals surface area (Å²) in [5, 5.41) is 18.6. The summed E-state index contributed by atoms with van der Waals surface area (Å²) in [6.45, 7) is 6.86. The number of aliphatic hydroxyl groups excluding tert-OH is 1. The predicted molar refractivity (Wildman–Crippen MR) is 126 cm³/mol. The van der Waals surface area contributed by atoms with Crippen LogP contribution in [0.25, 0.3) is 0 Å². The number of rotatable bonds is 8. The van der Waals surface area contributed by atoms with E-state index in [1.807, 2.05) is 48.5 Å². The molecular weight excluding hydrogens is 434 g/mol. The minimum atomic E-state index is -0.893. The molecule has 1 aromatic heterocycles. The van der Waals surface area contributed by atoms with E-state index in [0.717, 1.165) is 23.3 Å². The highest BCUT2D eigenvalue weighted by Crippen LogP contribution is 2.34. The molecule has 1 aliphatic rings. The molecule has 0 radical (unpaired) electrons. The second-order valence-electron chi connectivity index (χ2n) is 8.96. The molecule has 3 aromatic rings. The Bertz CT molecular complexity index is 1110. The van der Waals surface area contributed by atoms with E-state index >= 15 is 0 Å². The van der Waals surface area contributed by atoms with Crippen LogP contribution in [0.4, 0.5) is 4.79 Å². The topological polar surface area (TPSA) is 105 Å². The number of nitrogens with zero attached hydrogens (tertiary/aromatic N) is 3. The van der Waals surface area contributed by atoms with Crippen LogP contribution in [0.5, 0.6) is 17.2 Å². The van der Waals surface area contributed by atoms with Crippen molar-refractivity contribution in [2.75, 3.05) is 13.2 Å². The fourth-order valence-corrected chi connectivity index (χ4v) is 3.86. The lowest BCUT2D eigenvalue weighted by Crippen LogP contribution is -2.53. The van der Waals surface area contributed by atoms with Crippen molar-refractivity contribution in [2.24, 2.45) is 0 Å². The van der Waals surface area contributed by atoms with Gasteiger partial charge in [0.1, 0.15) is 24.2 Å². The smallest absolute Gasteiger partial charge is 0.407 e. The second kappa shape index (κ2) is 9.69.